The number of nitrogens with two attached hydrogens (primary N) is 1. The van der Waals surface area contributed by atoms with E-state index in [0.717, 1.165) is 22.9 Å². The second kappa shape index (κ2) is 12.4. The Kier molecular flexibility index (Phi) is 9.15. The average molecular weight is 615 g/mol. The largest absolute Gasteiger partial charge is 0.444 e. The molecule has 1 aliphatic rings. The fraction of sp³-hybridized carbons (Fsp3) is 0.448. The molecule has 1 saturated carbocycles. The average Bonchev–Trinajstić information content (AvgIpc) is 3.27. The summed E-state index contributed by atoms with van der Waals surface area (Å²) in [5, 5.41) is 2.82. The van der Waals surface area contributed by atoms with E-state index in [4.69, 9.17) is 10.5 Å². The third-order valence-corrected chi connectivity index (χ3v) is 7.54. The van der Waals surface area contributed by atoms with Crippen LogP contribution in [0, 0.1) is 11.8 Å². The molecule has 40 heavy (non-hydrogen) atoms. The minimum atomic E-state index is -0.944. The maximum absolute atomic E-state index is 13.9. The van der Waals surface area contributed by atoms with Gasteiger partial charge in [-0.2, -0.15) is 0 Å². The fourth-order valence-electron chi connectivity index (χ4n) is 4.99. The second-order valence-electron chi connectivity index (χ2n) is 11.4. The summed E-state index contributed by atoms with van der Waals surface area (Å²) in [5.41, 5.74) is 7.73. The van der Waals surface area contributed by atoms with Gasteiger partial charge in [0.25, 0.3) is 5.91 Å². The Hall–Kier alpha value is -3.44. The van der Waals surface area contributed by atoms with E-state index in [1.54, 1.807) is 18.2 Å². The fourth-order valence-corrected chi connectivity index (χ4v) is 5.25. The lowest BCUT2D eigenvalue weighted by Gasteiger charge is -2.32. The number of hydrogen-bond acceptors (Lipinski definition) is 6. The molecular formula is C29H36BrN5O5. The molecule has 1 aliphatic carbocycles. The summed E-state index contributed by atoms with van der Waals surface area (Å²) in [6.45, 7) is 5.90. The molecule has 0 radical (unpaired) electrons. The van der Waals surface area contributed by atoms with Crippen molar-refractivity contribution in [2.24, 2.45) is 17.6 Å². The van der Waals surface area contributed by atoms with Crippen LogP contribution in [0.25, 0.3) is 11.0 Å². The van der Waals surface area contributed by atoms with E-state index in [1.807, 2.05) is 45.0 Å². The highest BCUT2D eigenvalue weighted by Crippen LogP contribution is 2.32. The third-order valence-electron chi connectivity index (χ3n) is 7.01. The Labute approximate surface area is 241 Å². The number of amides is 3. The number of imidazole rings is 1. The van der Waals surface area contributed by atoms with Gasteiger partial charge in [0.15, 0.2) is 0 Å². The first-order valence-electron chi connectivity index (χ1n) is 13.5. The molecule has 1 atom stereocenters. The van der Waals surface area contributed by atoms with Gasteiger partial charge in [-0.15, -0.1) is 0 Å². The van der Waals surface area contributed by atoms with E-state index >= 15 is 0 Å². The van der Waals surface area contributed by atoms with Gasteiger partial charge in [-0.1, -0.05) is 28.1 Å². The lowest BCUT2D eigenvalue weighted by atomic mass is 9.81. The summed E-state index contributed by atoms with van der Waals surface area (Å²) in [7, 11) is 0. The van der Waals surface area contributed by atoms with Crippen molar-refractivity contribution >= 4 is 50.6 Å². The zero-order valence-electron chi connectivity index (χ0n) is 23.0. The molecule has 214 valence electrons. The van der Waals surface area contributed by atoms with Crippen LogP contribution < -0.4 is 21.6 Å². The van der Waals surface area contributed by atoms with E-state index < -0.39 is 23.6 Å². The van der Waals surface area contributed by atoms with Gasteiger partial charge in [0.05, 0.1) is 22.8 Å². The molecule has 2 aromatic carbocycles. The molecule has 4 rings (SSSR count). The number of aromatic nitrogens is 2. The Bertz CT molecular complexity index is 1420. The Morgan fingerprint density at radius 2 is 1.70 bits per heavy atom. The molecule has 3 amide bonds. The molecule has 11 heteroatoms. The van der Waals surface area contributed by atoms with Gasteiger partial charge in [-0.05, 0) is 94.7 Å². The topological polar surface area (TPSA) is 150 Å². The number of nitrogens with zero attached hydrogens (tertiary/aromatic N) is 1. The summed E-state index contributed by atoms with van der Waals surface area (Å²) in [4.78, 5) is 58.0. The van der Waals surface area contributed by atoms with Gasteiger partial charge < -0.3 is 25.8 Å². The molecule has 10 nitrogen and oxygen atoms in total. The van der Waals surface area contributed by atoms with Gasteiger partial charge in [-0.25, -0.2) is 14.5 Å². The molecule has 1 fully saturated rings. The standard InChI is InChI=1S/C29H36BrN5O5/c1-29(2,3)40-28(39)32-16-18-4-8-19(9-5-18)25(36)35(21-12-13-23-24(15-21)34-27(38)33-23)26(37)22(31)14-17-6-10-20(30)11-7-17/h6-7,10-13,15,18-19,22H,4-5,8-9,14,16,31H2,1-3H3,(H,32,39)(H2,33,34,38)/t18?,19?,22-/m0/s1. The smallest absolute Gasteiger partial charge is 0.407 e. The lowest BCUT2D eigenvalue weighted by Crippen LogP contribution is -2.50. The van der Waals surface area contributed by atoms with Crippen molar-refractivity contribution in [3.63, 3.8) is 0 Å². The molecule has 0 unspecified atom stereocenters. The zero-order valence-corrected chi connectivity index (χ0v) is 24.5. The van der Waals surface area contributed by atoms with Crippen LogP contribution in [0.1, 0.15) is 52.0 Å². The van der Waals surface area contributed by atoms with Crippen LogP contribution in [-0.2, 0) is 20.7 Å². The van der Waals surface area contributed by atoms with Crippen molar-refractivity contribution in [1.82, 2.24) is 15.3 Å². The number of anilines is 1. The molecule has 0 aliphatic heterocycles. The first kappa shape index (κ1) is 29.5. The first-order chi connectivity index (χ1) is 18.9. The minimum absolute atomic E-state index is 0.210. The van der Waals surface area contributed by atoms with Crippen molar-refractivity contribution < 1.29 is 19.1 Å². The predicted molar refractivity (Wildman–Crippen MR) is 157 cm³/mol. The van der Waals surface area contributed by atoms with E-state index in [0.29, 0.717) is 36.1 Å². The zero-order chi connectivity index (χ0) is 29.0. The van der Waals surface area contributed by atoms with Crippen molar-refractivity contribution in [2.45, 2.75) is 64.5 Å². The number of alkyl carbamates (subject to hydrolysis) is 1. The van der Waals surface area contributed by atoms with E-state index in [-0.39, 0.29) is 29.9 Å². The maximum Gasteiger partial charge on any atom is 0.407 e. The van der Waals surface area contributed by atoms with Crippen molar-refractivity contribution in [3.8, 4) is 0 Å². The molecule has 0 spiro atoms. The van der Waals surface area contributed by atoms with Gasteiger partial charge in [-0.3, -0.25) is 9.59 Å². The molecule has 1 heterocycles. The predicted octanol–water partition coefficient (Wildman–Crippen LogP) is 4.38. The van der Waals surface area contributed by atoms with Gasteiger partial charge in [0, 0.05) is 16.9 Å². The number of hydrogen-bond donors (Lipinski definition) is 4. The number of ether oxygens (including phenoxy) is 1. The van der Waals surface area contributed by atoms with Crippen LogP contribution in [0.15, 0.2) is 51.7 Å². The number of aromatic amines is 2. The number of benzene rings is 2. The monoisotopic (exact) mass is 613 g/mol. The van der Waals surface area contributed by atoms with Gasteiger partial charge >= 0.3 is 11.8 Å². The summed E-state index contributed by atoms with van der Waals surface area (Å²) in [5.74, 6) is -0.977. The maximum atomic E-state index is 13.9. The van der Waals surface area contributed by atoms with Crippen molar-refractivity contribution in [3.05, 3.63) is 63.0 Å². The molecule has 5 N–H and O–H groups in total. The van der Waals surface area contributed by atoms with Crippen molar-refractivity contribution in [1.29, 1.82) is 0 Å². The number of imide groups is 1. The van der Waals surface area contributed by atoms with Gasteiger partial charge in [0.1, 0.15) is 5.60 Å². The number of carbonyl (C=O) groups excluding carboxylic acids is 3. The Morgan fingerprint density at radius 1 is 1.05 bits per heavy atom. The SMILES string of the molecule is CC(C)(C)OC(=O)NCC1CCC(C(=O)N(C(=O)[C@@H](N)Cc2ccc(Br)cc2)c2ccc3[nH]c(=O)[nH]c3c2)CC1. The quantitative estimate of drug-likeness (QED) is 0.310. The Balaban J connectivity index is 1.48. The number of fused-ring (bicyclic) bond motifs is 1. The summed E-state index contributed by atoms with van der Waals surface area (Å²) < 4.78 is 6.23. The van der Waals surface area contributed by atoms with Crippen molar-refractivity contribution in [2.75, 3.05) is 11.4 Å². The summed E-state index contributed by atoms with van der Waals surface area (Å²) in [6, 6.07) is 11.5. The highest BCUT2D eigenvalue weighted by molar-refractivity contribution is 9.10. The molecule has 0 bridgehead atoms. The van der Waals surface area contributed by atoms with E-state index in [2.05, 4.69) is 31.2 Å². The highest BCUT2D eigenvalue weighted by atomic mass is 79.9. The molecule has 1 aromatic heterocycles. The van der Waals surface area contributed by atoms with E-state index in [9.17, 15) is 19.2 Å². The number of rotatable bonds is 7. The Morgan fingerprint density at radius 3 is 2.35 bits per heavy atom. The lowest BCUT2D eigenvalue weighted by molar-refractivity contribution is -0.130. The summed E-state index contributed by atoms with van der Waals surface area (Å²) in [6.07, 6.45) is 2.41. The molecular weight excluding hydrogens is 578 g/mol. The molecule has 3 aromatic rings. The summed E-state index contributed by atoms with van der Waals surface area (Å²) >= 11 is 3.41. The minimum Gasteiger partial charge on any atom is -0.444 e. The van der Waals surface area contributed by atoms with E-state index in [1.165, 1.54) is 4.90 Å². The molecule has 0 saturated heterocycles. The van der Waals surface area contributed by atoms with Crippen LogP contribution in [0.3, 0.4) is 0 Å². The van der Waals surface area contributed by atoms with Crippen LogP contribution in [0.4, 0.5) is 10.5 Å². The van der Waals surface area contributed by atoms with Gasteiger partial charge in [0.2, 0.25) is 5.91 Å². The van der Waals surface area contributed by atoms with Crippen LogP contribution in [0.5, 0.6) is 0 Å². The first-order valence-corrected chi connectivity index (χ1v) is 14.3. The number of halogens is 1. The number of H-pyrrole nitrogens is 2. The van der Waals surface area contributed by atoms with Crippen LogP contribution >= 0.6 is 15.9 Å². The highest BCUT2D eigenvalue weighted by Gasteiger charge is 2.35. The third kappa shape index (κ3) is 7.60. The van der Waals surface area contributed by atoms with Crippen LogP contribution in [0.2, 0.25) is 0 Å². The normalized spacial score (nSPS) is 18.2. The second-order valence-corrected chi connectivity index (χ2v) is 12.3. The number of carbonyl (C=O) groups is 3. The van der Waals surface area contributed by atoms with Crippen LogP contribution in [-0.4, -0.2) is 46.1 Å². The number of nitrogens with one attached hydrogen (secondary N) is 3.